The van der Waals surface area contributed by atoms with Crippen LogP contribution in [0.15, 0.2) is 16.9 Å². The van der Waals surface area contributed by atoms with Crippen LogP contribution in [-0.4, -0.2) is 43.8 Å². The zero-order valence-electron chi connectivity index (χ0n) is 13.5. The number of aryl methyl sites for hydroxylation is 1. The predicted octanol–water partition coefficient (Wildman–Crippen LogP) is 0.846. The molecule has 3 heterocycles. The van der Waals surface area contributed by atoms with Crippen LogP contribution >= 0.6 is 0 Å². The van der Waals surface area contributed by atoms with Crippen molar-refractivity contribution in [3.05, 3.63) is 33.7 Å². The second-order valence-corrected chi connectivity index (χ2v) is 6.27. The van der Waals surface area contributed by atoms with Crippen molar-refractivity contribution in [3.63, 3.8) is 0 Å². The largest absolute Gasteiger partial charge is 0.480 e. The zero-order valence-corrected chi connectivity index (χ0v) is 13.5. The molecule has 9 heteroatoms. The van der Waals surface area contributed by atoms with Crippen molar-refractivity contribution in [3.8, 4) is 0 Å². The van der Waals surface area contributed by atoms with Gasteiger partial charge < -0.3 is 15.3 Å². The van der Waals surface area contributed by atoms with E-state index < -0.39 is 12.0 Å². The number of carboxylic acids is 1. The third-order valence-corrected chi connectivity index (χ3v) is 4.64. The number of rotatable bonds is 4. The molecule has 1 atom stereocenters. The maximum absolute atomic E-state index is 11.5. The fraction of sp³-hybridized carbons (Fsp3) is 0.438. The molecular weight excluding hydrogens is 324 g/mol. The van der Waals surface area contributed by atoms with E-state index in [4.69, 9.17) is 0 Å². The molecule has 0 bridgehead atoms. The molecular formula is C16H18N6O3. The molecule has 0 aromatic carbocycles. The summed E-state index contributed by atoms with van der Waals surface area (Å²) in [5, 5.41) is 18.9. The van der Waals surface area contributed by atoms with Crippen LogP contribution < -0.4 is 15.8 Å². The Morgan fingerprint density at radius 3 is 2.92 bits per heavy atom. The summed E-state index contributed by atoms with van der Waals surface area (Å²) < 4.78 is 0. The third kappa shape index (κ3) is 2.92. The smallest absolute Gasteiger partial charge is 0.326 e. The molecule has 0 spiro atoms. The first-order valence-corrected chi connectivity index (χ1v) is 8.34. The van der Waals surface area contributed by atoms with Crippen LogP contribution in [0, 0.1) is 0 Å². The first-order valence-electron chi connectivity index (χ1n) is 8.34. The van der Waals surface area contributed by atoms with Crippen molar-refractivity contribution in [2.45, 2.75) is 38.1 Å². The molecule has 9 nitrogen and oxygen atoms in total. The second-order valence-electron chi connectivity index (χ2n) is 6.27. The summed E-state index contributed by atoms with van der Waals surface area (Å²) in [5.74, 6) is 0.707. The Balaban J connectivity index is 1.71. The fourth-order valence-corrected chi connectivity index (χ4v) is 3.45. The number of nitrogens with one attached hydrogen (secondary N) is 2. The molecule has 2 aliphatic rings. The monoisotopic (exact) mass is 342 g/mol. The van der Waals surface area contributed by atoms with E-state index in [0.29, 0.717) is 30.5 Å². The summed E-state index contributed by atoms with van der Waals surface area (Å²) in [6, 6.07) is 2.38. The lowest BCUT2D eigenvalue weighted by molar-refractivity contribution is -0.138. The van der Waals surface area contributed by atoms with E-state index in [1.165, 1.54) is 6.07 Å². The highest BCUT2D eigenvalue weighted by Crippen LogP contribution is 2.32. The highest BCUT2D eigenvalue weighted by molar-refractivity contribution is 5.78. The molecule has 130 valence electrons. The van der Waals surface area contributed by atoms with Gasteiger partial charge in [-0.25, -0.2) is 14.9 Å². The SMILES string of the molecule is O=C(O)[C@@H]1CCCN1c1nc2c(c(Nc3ccc(=O)[nH]n3)n1)CCC2. The number of aromatic nitrogens is 4. The molecule has 3 N–H and O–H groups in total. The maximum Gasteiger partial charge on any atom is 0.326 e. The quantitative estimate of drug-likeness (QED) is 0.747. The minimum absolute atomic E-state index is 0.277. The molecule has 1 saturated heterocycles. The van der Waals surface area contributed by atoms with Crippen molar-refractivity contribution >= 4 is 23.6 Å². The van der Waals surface area contributed by atoms with Gasteiger partial charge in [0.25, 0.3) is 5.56 Å². The Labute approximate surface area is 143 Å². The summed E-state index contributed by atoms with van der Waals surface area (Å²) >= 11 is 0. The van der Waals surface area contributed by atoms with Gasteiger partial charge in [0.2, 0.25) is 5.95 Å². The van der Waals surface area contributed by atoms with Crippen LogP contribution in [0.1, 0.15) is 30.5 Å². The number of H-pyrrole nitrogens is 1. The molecule has 2 aromatic rings. The van der Waals surface area contributed by atoms with Gasteiger partial charge >= 0.3 is 5.97 Å². The van der Waals surface area contributed by atoms with E-state index in [1.807, 2.05) is 0 Å². The lowest BCUT2D eigenvalue weighted by Gasteiger charge is -2.23. The van der Waals surface area contributed by atoms with Crippen LogP contribution in [-0.2, 0) is 17.6 Å². The van der Waals surface area contributed by atoms with Gasteiger partial charge in [-0.05, 0) is 38.2 Å². The number of aliphatic carboxylic acids is 1. The number of anilines is 3. The van der Waals surface area contributed by atoms with Gasteiger partial charge in [-0.3, -0.25) is 4.79 Å². The summed E-state index contributed by atoms with van der Waals surface area (Å²) in [6.07, 6.45) is 4.11. The lowest BCUT2D eigenvalue weighted by atomic mass is 10.2. The summed E-state index contributed by atoms with van der Waals surface area (Å²) in [6.45, 7) is 0.631. The van der Waals surface area contributed by atoms with E-state index >= 15 is 0 Å². The number of hydrogen-bond donors (Lipinski definition) is 3. The predicted molar refractivity (Wildman–Crippen MR) is 90.2 cm³/mol. The van der Waals surface area contributed by atoms with Crippen molar-refractivity contribution in [1.29, 1.82) is 0 Å². The second kappa shape index (κ2) is 6.15. The molecule has 2 aromatic heterocycles. The minimum atomic E-state index is -0.849. The van der Waals surface area contributed by atoms with Gasteiger partial charge in [0.15, 0.2) is 5.82 Å². The van der Waals surface area contributed by atoms with E-state index in [2.05, 4.69) is 25.5 Å². The molecule has 0 saturated carbocycles. The Kier molecular flexibility index (Phi) is 3.83. The lowest BCUT2D eigenvalue weighted by Crippen LogP contribution is -2.37. The number of fused-ring (bicyclic) bond motifs is 1. The van der Waals surface area contributed by atoms with Crippen molar-refractivity contribution in [1.82, 2.24) is 20.2 Å². The van der Waals surface area contributed by atoms with Crippen LogP contribution in [0.3, 0.4) is 0 Å². The summed E-state index contributed by atoms with van der Waals surface area (Å²) in [5.41, 5.74) is 1.70. The zero-order chi connectivity index (χ0) is 17.4. The van der Waals surface area contributed by atoms with Gasteiger partial charge in [-0.1, -0.05) is 0 Å². The Hall–Kier alpha value is -2.97. The minimum Gasteiger partial charge on any atom is -0.480 e. The van der Waals surface area contributed by atoms with Crippen LogP contribution in [0.5, 0.6) is 0 Å². The van der Waals surface area contributed by atoms with Crippen molar-refractivity contribution < 1.29 is 9.90 Å². The first-order chi connectivity index (χ1) is 12.1. The fourth-order valence-electron chi connectivity index (χ4n) is 3.45. The number of carbonyl (C=O) groups is 1. The Morgan fingerprint density at radius 1 is 1.28 bits per heavy atom. The van der Waals surface area contributed by atoms with Crippen molar-refractivity contribution in [2.24, 2.45) is 0 Å². The van der Waals surface area contributed by atoms with Crippen LogP contribution in [0.4, 0.5) is 17.6 Å². The standard InChI is InChI=1S/C16H18N6O3/c23-13-7-6-12(20-21-13)18-14-9-3-1-4-10(9)17-16(19-14)22-8-2-5-11(22)15(24)25/h6-7,11H,1-5,8H2,(H,21,23)(H,24,25)(H,17,18,19,20)/t11-/m0/s1. The molecule has 1 aliphatic heterocycles. The maximum atomic E-state index is 11.5. The Morgan fingerprint density at radius 2 is 2.16 bits per heavy atom. The van der Waals surface area contributed by atoms with Crippen molar-refractivity contribution in [2.75, 3.05) is 16.8 Å². The van der Waals surface area contributed by atoms with Gasteiger partial charge in [0.1, 0.15) is 11.9 Å². The highest BCUT2D eigenvalue weighted by Gasteiger charge is 2.33. The van der Waals surface area contributed by atoms with Gasteiger partial charge in [-0.15, -0.1) is 0 Å². The number of carboxylic acid groups (broad SMARTS) is 1. The molecule has 25 heavy (non-hydrogen) atoms. The average Bonchev–Trinajstić information content (AvgIpc) is 3.25. The molecule has 4 rings (SSSR count). The van der Waals surface area contributed by atoms with Gasteiger partial charge in [0.05, 0.1) is 5.69 Å². The summed E-state index contributed by atoms with van der Waals surface area (Å²) in [7, 11) is 0. The van der Waals surface area contributed by atoms with E-state index in [-0.39, 0.29) is 5.56 Å². The van der Waals surface area contributed by atoms with Gasteiger partial charge in [0, 0.05) is 18.2 Å². The average molecular weight is 342 g/mol. The number of hydrogen-bond acceptors (Lipinski definition) is 7. The number of aromatic amines is 1. The molecule has 0 radical (unpaired) electrons. The number of nitrogens with zero attached hydrogens (tertiary/aromatic N) is 4. The first kappa shape index (κ1) is 15.6. The van der Waals surface area contributed by atoms with Gasteiger partial charge in [-0.2, -0.15) is 10.1 Å². The molecule has 1 fully saturated rings. The normalized spacial score (nSPS) is 19.0. The Bertz CT molecular complexity index is 860. The third-order valence-electron chi connectivity index (χ3n) is 4.64. The molecule has 1 aliphatic carbocycles. The van der Waals surface area contributed by atoms with Crippen LogP contribution in [0.25, 0.3) is 0 Å². The van der Waals surface area contributed by atoms with E-state index in [1.54, 1.807) is 11.0 Å². The topological polar surface area (TPSA) is 124 Å². The van der Waals surface area contributed by atoms with E-state index in [0.717, 1.165) is 36.9 Å². The van der Waals surface area contributed by atoms with Crippen LogP contribution in [0.2, 0.25) is 0 Å². The van der Waals surface area contributed by atoms with E-state index in [9.17, 15) is 14.7 Å². The molecule has 0 amide bonds. The molecule has 0 unspecified atom stereocenters. The highest BCUT2D eigenvalue weighted by atomic mass is 16.4. The summed E-state index contributed by atoms with van der Waals surface area (Å²) in [4.78, 5) is 33.6.